The van der Waals surface area contributed by atoms with Crippen molar-refractivity contribution in [2.24, 2.45) is 5.84 Å². The van der Waals surface area contributed by atoms with Crippen molar-refractivity contribution in [1.29, 1.82) is 0 Å². The molecule has 0 aliphatic rings. The smallest absolute Gasteiger partial charge is 0.130 e. The molecule has 0 fully saturated rings. The predicted molar refractivity (Wildman–Crippen MR) is 73.1 cm³/mol. The van der Waals surface area contributed by atoms with E-state index in [4.69, 9.17) is 10.6 Å². The average Bonchev–Trinajstić information content (AvgIpc) is 2.45. The Hall–Kier alpha value is -1.98. The van der Waals surface area contributed by atoms with Crippen molar-refractivity contribution in [2.75, 3.05) is 7.11 Å². The fraction of sp³-hybridized carbons (Fsp3) is 0.200. The summed E-state index contributed by atoms with van der Waals surface area (Å²) >= 11 is 0. The van der Waals surface area contributed by atoms with Crippen LogP contribution >= 0.6 is 0 Å². The third-order valence-electron chi connectivity index (χ3n) is 3.11. The number of ether oxygens (including phenoxy) is 1. The largest absolute Gasteiger partial charge is 0.497 e. The van der Waals surface area contributed by atoms with Crippen LogP contribution < -0.4 is 16.0 Å². The third kappa shape index (κ3) is 3.31. The number of hydrogen-bond acceptors (Lipinski definition) is 3. The van der Waals surface area contributed by atoms with Crippen molar-refractivity contribution in [2.45, 2.75) is 12.5 Å². The van der Waals surface area contributed by atoms with Crippen LogP contribution in [-0.2, 0) is 6.42 Å². The number of hydrogen-bond donors (Lipinski definition) is 2. The van der Waals surface area contributed by atoms with Gasteiger partial charge in [-0.2, -0.15) is 0 Å². The van der Waals surface area contributed by atoms with Crippen molar-refractivity contribution in [1.82, 2.24) is 5.43 Å². The first-order valence-corrected chi connectivity index (χ1v) is 6.18. The van der Waals surface area contributed by atoms with Gasteiger partial charge in [0.05, 0.1) is 13.2 Å². The summed E-state index contributed by atoms with van der Waals surface area (Å²) in [5, 5.41) is 0. The van der Waals surface area contributed by atoms with Crippen molar-refractivity contribution in [3.63, 3.8) is 0 Å². The molecule has 1 atom stereocenters. The van der Waals surface area contributed by atoms with Gasteiger partial charge in [-0.15, -0.1) is 0 Å². The standard InChI is InChI=1S/C15H16F2N2O/c1-20-12-4-2-3-10(7-12)8-15(19-18)13-6-5-11(16)9-14(13)17/h2-7,9,15,19H,8,18H2,1H3. The second kappa shape index (κ2) is 6.45. The van der Waals surface area contributed by atoms with E-state index in [2.05, 4.69) is 5.43 Å². The highest BCUT2D eigenvalue weighted by Gasteiger charge is 2.16. The highest BCUT2D eigenvalue weighted by Crippen LogP contribution is 2.23. The summed E-state index contributed by atoms with van der Waals surface area (Å²) in [5.41, 5.74) is 3.83. The zero-order valence-corrected chi connectivity index (χ0v) is 11.1. The molecule has 2 aromatic carbocycles. The molecule has 0 aliphatic heterocycles. The van der Waals surface area contributed by atoms with Crippen molar-refractivity contribution in [3.05, 3.63) is 65.2 Å². The van der Waals surface area contributed by atoms with Crippen LogP contribution in [-0.4, -0.2) is 7.11 Å². The summed E-state index contributed by atoms with van der Waals surface area (Å²) in [4.78, 5) is 0. The fourth-order valence-electron chi connectivity index (χ4n) is 2.08. The molecule has 20 heavy (non-hydrogen) atoms. The Labute approximate surface area is 116 Å². The van der Waals surface area contributed by atoms with E-state index in [9.17, 15) is 8.78 Å². The van der Waals surface area contributed by atoms with Gasteiger partial charge in [-0.3, -0.25) is 11.3 Å². The molecule has 1 unspecified atom stereocenters. The first-order chi connectivity index (χ1) is 9.63. The molecule has 2 aromatic rings. The molecule has 2 rings (SSSR count). The molecule has 0 saturated heterocycles. The summed E-state index contributed by atoms with van der Waals surface area (Å²) in [6.07, 6.45) is 0.469. The van der Waals surface area contributed by atoms with E-state index in [0.717, 1.165) is 17.4 Å². The molecule has 0 bridgehead atoms. The maximum atomic E-state index is 13.8. The molecule has 5 heteroatoms. The number of halogens is 2. The Morgan fingerprint density at radius 3 is 2.65 bits per heavy atom. The molecule has 0 aliphatic carbocycles. The van der Waals surface area contributed by atoms with Crippen LogP contribution in [0.25, 0.3) is 0 Å². The lowest BCUT2D eigenvalue weighted by atomic mass is 9.99. The van der Waals surface area contributed by atoms with Gasteiger partial charge in [-0.1, -0.05) is 18.2 Å². The van der Waals surface area contributed by atoms with Crippen molar-refractivity contribution < 1.29 is 13.5 Å². The van der Waals surface area contributed by atoms with Crippen molar-refractivity contribution >= 4 is 0 Å². The minimum Gasteiger partial charge on any atom is -0.497 e. The lowest BCUT2D eigenvalue weighted by molar-refractivity contribution is 0.413. The Balaban J connectivity index is 2.23. The molecule has 0 saturated carbocycles. The number of hydrazine groups is 1. The van der Waals surface area contributed by atoms with Gasteiger partial charge in [0.2, 0.25) is 0 Å². The van der Waals surface area contributed by atoms with E-state index in [1.165, 1.54) is 12.1 Å². The van der Waals surface area contributed by atoms with Crippen LogP contribution in [0.1, 0.15) is 17.2 Å². The zero-order chi connectivity index (χ0) is 14.5. The second-order valence-electron chi connectivity index (χ2n) is 4.44. The molecule has 0 aromatic heterocycles. The van der Waals surface area contributed by atoms with E-state index < -0.39 is 17.7 Å². The summed E-state index contributed by atoms with van der Waals surface area (Å²) < 4.78 is 31.8. The molecular formula is C15H16F2N2O. The number of benzene rings is 2. The Morgan fingerprint density at radius 2 is 2.00 bits per heavy atom. The van der Waals surface area contributed by atoms with E-state index in [-0.39, 0.29) is 0 Å². The van der Waals surface area contributed by atoms with Crippen LogP contribution in [0.15, 0.2) is 42.5 Å². The minimum absolute atomic E-state index is 0.330. The summed E-state index contributed by atoms with van der Waals surface area (Å²) in [7, 11) is 1.58. The number of methoxy groups -OCH3 is 1. The first-order valence-electron chi connectivity index (χ1n) is 6.18. The van der Waals surface area contributed by atoms with Gasteiger partial charge in [-0.05, 0) is 30.2 Å². The quantitative estimate of drug-likeness (QED) is 0.653. The number of rotatable bonds is 5. The lowest BCUT2D eigenvalue weighted by Crippen LogP contribution is -2.30. The molecule has 3 N–H and O–H groups in total. The van der Waals surface area contributed by atoms with Gasteiger partial charge in [-0.25, -0.2) is 8.78 Å². The van der Waals surface area contributed by atoms with Gasteiger partial charge < -0.3 is 4.74 Å². The summed E-state index contributed by atoms with van der Waals surface area (Å²) in [6, 6.07) is 10.5. The van der Waals surface area contributed by atoms with Crippen molar-refractivity contribution in [3.8, 4) is 5.75 Å². The third-order valence-corrected chi connectivity index (χ3v) is 3.11. The molecule has 0 spiro atoms. The van der Waals surface area contributed by atoms with Crippen LogP contribution in [0.3, 0.4) is 0 Å². The fourth-order valence-corrected chi connectivity index (χ4v) is 2.08. The number of nitrogens with two attached hydrogens (primary N) is 1. The highest BCUT2D eigenvalue weighted by atomic mass is 19.1. The monoisotopic (exact) mass is 278 g/mol. The highest BCUT2D eigenvalue weighted by molar-refractivity contribution is 5.31. The lowest BCUT2D eigenvalue weighted by Gasteiger charge is -2.17. The Bertz CT molecular complexity index is 590. The van der Waals surface area contributed by atoms with E-state index >= 15 is 0 Å². The Kier molecular flexibility index (Phi) is 4.65. The average molecular weight is 278 g/mol. The van der Waals surface area contributed by atoms with E-state index in [1.807, 2.05) is 24.3 Å². The van der Waals surface area contributed by atoms with Crippen LogP contribution in [0, 0.1) is 11.6 Å². The summed E-state index contributed by atoms with van der Waals surface area (Å²) in [5.74, 6) is 4.99. The topological polar surface area (TPSA) is 47.3 Å². The maximum Gasteiger partial charge on any atom is 0.130 e. The summed E-state index contributed by atoms with van der Waals surface area (Å²) in [6.45, 7) is 0. The normalized spacial score (nSPS) is 12.2. The molecule has 106 valence electrons. The molecule has 0 amide bonds. The van der Waals surface area contributed by atoms with Gasteiger partial charge in [0.25, 0.3) is 0 Å². The van der Waals surface area contributed by atoms with Gasteiger partial charge >= 0.3 is 0 Å². The van der Waals surface area contributed by atoms with Crippen LogP contribution in [0.5, 0.6) is 5.75 Å². The molecule has 3 nitrogen and oxygen atoms in total. The number of nitrogens with one attached hydrogen (secondary N) is 1. The molecular weight excluding hydrogens is 262 g/mol. The van der Waals surface area contributed by atoms with Gasteiger partial charge in [0.15, 0.2) is 0 Å². The predicted octanol–water partition coefficient (Wildman–Crippen LogP) is 2.72. The van der Waals surface area contributed by atoms with E-state index in [1.54, 1.807) is 7.11 Å². The zero-order valence-electron chi connectivity index (χ0n) is 11.1. The second-order valence-corrected chi connectivity index (χ2v) is 4.44. The first kappa shape index (κ1) is 14.4. The Morgan fingerprint density at radius 1 is 1.20 bits per heavy atom. The van der Waals surface area contributed by atoms with Gasteiger partial charge in [0, 0.05) is 11.6 Å². The van der Waals surface area contributed by atoms with Crippen LogP contribution in [0.2, 0.25) is 0 Å². The van der Waals surface area contributed by atoms with E-state index in [0.29, 0.717) is 12.0 Å². The SMILES string of the molecule is COc1cccc(CC(NN)c2ccc(F)cc2F)c1. The van der Waals surface area contributed by atoms with Gasteiger partial charge in [0.1, 0.15) is 17.4 Å². The minimum atomic E-state index is -0.615. The molecule has 0 heterocycles. The molecule has 0 radical (unpaired) electrons. The maximum absolute atomic E-state index is 13.8. The van der Waals surface area contributed by atoms with Crippen LogP contribution in [0.4, 0.5) is 8.78 Å².